The smallest absolute Gasteiger partial charge is 0.157 e. The lowest BCUT2D eigenvalue weighted by Gasteiger charge is -2.22. The first-order chi connectivity index (χ1) is 7.29. The lowest BCUT2D eigenvalue weighted by atomic mass is 10.3. The minimum Gasteiger partial charge on any atom is -0.467 e. The predicted molar refractivity (Wildman–Crippen MR) is 57.1 cm³/mol. The number of ketones is 1. The Kier molecular flexibility index (Phi) is 2.90. The van der Waals surface area contributed by atoms with Gasteiger partial charge in [0.25, 0.3) is 0 Å². The van der Waals surface area contributed by atoms with E-state index in [0.717, 1.165) is 31.0 Å². The largest absolute Gasteiger partial charge is 0.467 e. The second kappa shape index (κ2) is 4.34. The van der Waals surface area contributed by atoms with Crippen LogP contribution in [-0.2, 0) is 11.3 Å². The molecule has 0 bridgehead atoms. The molecule has 1 heterocycles. The molecule has 1 aliphatic carbocycles. The van der Waals surface area contributed by atoms with Gasteiger partial charge in [0.1, 0.15) is 5.76 Å². The van der Waals surface area contributed by atoms with E-state index in [1.807, 2.05) is 12.1 Å². The number of hydrogen-bond donors (Lipinski definition) is 0. The summed E-state index contributed by atoms with van der Waals surface area (Å²) in [7, 11) is 0. The Morgan fingerprint density at radius 1 is 1.47 bits per heavy atom. The molecular formula is C12H15NO2. The van der Waals surface area contributed by atoms with Gasteiger partial charge in [-0.3, -0.25) is 4.79 Å². The maximum atomic E-state index is 11.1. The first-order valence-corrected chi connectivity index (χ1v) is 5.30. The number of furan rings is 1. The number of carbonyl (C=O) groups excluding carboxylic acids is 1. The van der Waals surface area contributed by atoms with E-state index in [0.29, 0.717) is 6.42 Å². The first kappa shape index (κ1) is 10.0. The Morgan fingerprint density at radius 3 is 2.87 bits per heavy atom. The van der Waals surface area contributed by atoms with E-state index >= 15 is 0 Å². The van der Waals surface area contributed by atoms with Gasteiger partial charge in [-0.15, -0.1) is 0 Å². The van der Waals surface area contributed by atoms with Crippen LogP contribution in [-0.4, -0.2) is 17.2 Å². The lowest BCUT2D eigenvalue weighted by molar-refractivity contribution is -0.114. The highest BCUT2D eigenvalue weighted by atomic mass is 16.3. The van der Waals surface area contributed by atoms with Crippen molar-refractivity contribution >= 4 is 5.78 Å². The van der Waals surface area contributed by atoms with Crippen molar-refractivity contribution in [1.82, 2.24) is 4.90 Å². The van der Waals surface area contributed by atoms with Gasteiger partial charge in [-0.2, -0.15) is 0 Å². The van der Waals surface area contributed by atoms with Crippen molar-refractivity contribution in [2.75, 3.05) is 6.54 Å². The molecule has 0 atom stereocenters. The summed E-state index contributed by atoms with van der Waals surface area (Å²) in [5.41, 5.74) is 1.14. The third kappa shape index (κ3) is 2.29. The third-order valence-electron chi connectivity index (χ3n) is 2.67. The van der Waals surface area contributed by atoms with Crippen LogP contribution in [0.5, 0.6) is 0 Å². The molecule has 0 amide bonds. The molecule has 3 nitrogen and oxygen atoms in total. The number of allylic oxidation sites excluding steroid dienone is 2. The van der Waals surface area contributed by atoms with Crippen LogP contribution < -0.4 is 0 Å². The molecule has 0 saturated heterocycles. The molecule has 0 radical (unpaired) electrons. The van der Waals surface area contributed by atoms with E-state index in [9.17, 15) is 4.79 Å². The SMILES string of the molecule is CCN(Cc1ccco1)C1=CC(=O)CC1. The fourth-order valence-electron chi connectivity index (χ4n) is 1.84. The van der Waals surface area contributed by atoms with Crippen molar-refractivity contribution in [3.8, 4) is 0 Å². The Balaban J connectivity index is 2.05. The Hall–Kier alpha value is -1.51. The van der Waals surface area contributed by atoms with Gasteiger partial charge in [-0.05, 0) is 25.5 Å². The quantitative estimate of drug-likeness (QED) is 0.756. The summed E-state index contributed by atoms with van der Waals surface area (Å²) in [5, 5.41) is 0. The van der Waals surface area contributed by atoms with Gasteiger partial charge in [0.15, 0.2) is 5.78 Å². The monoisotopic (exact) mass is 205 g/mol. The molecule has 0 spiro atoms. The van der Waals surface area contributed by atoms with Crippen LogP contribution in [0.4, 0.5) is 0 Å². The molecule has 0 saturated carbocycles. The fraction of sp³-hybridized carbons (Fsp3) is 0.417. The van der Waals surface area contributed by atoms with Crippen molar-refractivity contribution < 1.29 is 9.21 Å². The van der Waals surface area contributed by atoms with Crippen LogP contribution in [0.2, 0.25) is 0 Å². The van der Waals surface area contributed by atoms with E-state index in [4.69, 9.17) is 4.42 Å². The second-order valence-corrected chi connectivity index (χ2v) is 3.70. The summed E-state index contributed by atoms with van der Waals surface area (Å²) in [4.78, 5) is 13.3. The van der Waals surface area contributed by atoms with Gasteiger partial charge in [0, 0.05) is 24.7 Å². The van der Waals surface area contributed by atoms with E-state index in [1.165, 1.54) is 0 Å². The molecule has 1 aromatic heterocycles. The van der Waals surface area contributed by atoms with E-state index in [-0.39, 0.29) is 5.78 Å². The summed E-state index contributed by atoms with van der Waals surface area (Å²) in [6.07, 6.45) is 4.96. The molecule has 0 unspecified atom stereocenters. The normalized spacial score (nSPS) is 15.5. The first-order valence-electron chi connectivity index (χ1n) is 5.30. The zero-order chi connectivity index (χ0) is 10.7. The molecule has 0 fully saturated rings. The van der Waals surface area contributed by atoms with Crippen molar-refractivity contribution in [2.45, 2.75) is 26.3 Å². The van der Waals surface area contributed by atoms with Crippen molar-refractivity contribution in [2.24, 2.45) is 0 Å². The minimum absolute atomic E-state index is 0.239. The van der Waals surface area contributed by atoms with Crippen LogP contribution in [0.3, 0.4) is 0 Å². The van der Waals surface area contributed by atoms with E-state index < -0.39 is 0 Å². The molecule has 1 aliphatic rings. The summed E-state index contributed by atoms with van der Waals surface area (Å²) in [5.74, 6) is 1.18. The topological polar surface area (TPSA) is 33.5 Å². The predicted octanol–water partition coefficient (Wildman–Crippen LogP) is 2.35. The summed E-state index contributed by atoms with van der Waals surface area (Å²) < 4.78 is 5.30. The third-order valence-corrected chi connectivity index (χ3v) is 2.67. The van der Waals surface area contributed by atoms with Crippen LogP contribution in [0, 0.1) is 0 Å². The Labute approximate surface area is 89.4 Å². The Bertz CT molecular complexity index is 365. The van der Waals surface area contributed by atoms with E-state index in [1.54, 1.807) is 12.3 Å². The van der Waals surface area contributed by atoms with Gasteiger partial charge >= 0.3 is 0 Å². The zero-order valence-electron chi connectivity index (χ0n) is 8.90. The van der Waals surface area contributed by atoms with Gasteiger partial charge in [-0.1, -0.05) is 0 Å². The summed E-state index contributed by atoms with van der Waals surface area (Å²) >= 11 is 0. The van der Waals surface area contributed by atoms with Gasteiger partial charge < -0.3 is 9.32 Å². The molecule has 3 heteroatoms. The highest BCUT2D eigenvalue weighted by molar-refractivity contribution is 5.92. The van der Waals surface area contributed by atoms with Crippen molar-refractivity contribution in [3.05, 3.63) is 35.9 Å². The van der Waals surface area contributed by atoms with Gasteiger partial charge in [0.2, 0.25) is 0 Å². The number of rotatable bonds is 4. The van der Waals surface area contributed by atoms with Crippen LogP contribution in [0.1, 0.15) is 25.5 Å². The molecular weight excluding hydrogens is 190 g/mol. The van der Waals surface area contributed by atoms with Crippen LogP contribution >= 0.6 is 0 Å². The highest BCUT2D eigenvalue weighted by Crippen LogP contribution is 2.21. The molecule has 15 heavy (non-hydrogen) atoms. The van der Waals surface area contributed by atoms with Crippen molar-refractivity contribution in [3.63, 3.8) is 0 Å². The minimum atomic E-state index is 0.239. The van der Waals surface area contributed by atoms with Gasteiger partial charge in [-0.25, -0.2) is 0 Å². The lowest BCUT2D eigenvalue weighted by Crippen LogP contribution is -2.20. The molecule has 0 N–H and O–H groups in total. The number of carbonyl (C=O) groups is 1. The van der Waals surface area contributed by atoms with E-state index in [2.05, 4.69) is 11.8 Å². The van der Waals surface area contributed by atoms with Gasteiger partial charge in [0.05, 0.1) is 12.8 Å². The fourth-order valence-corrected chi connectivity index (χ4v) is 1.84. The van der Waals surface area contributed by atoms with Crippen molar-refractivity contribution in [1.29, 1.82) is 0 Å². The molecule has 80 valence electrons. The van der Waals surface area contributed by atoms with Crippen LogP contribution in [0.15, 0.2) is 34.6 Å². The highest BCUT2D eigenvalue weighted by Gasteiger charge is 2.17. The maximum absolute atomic E-state index is 11.1. The maximum Gasteiger partial charge on any atom is 0.157 e. The standard InChI is InChI=1S/C12H15NO2/c1-2-13(9-12-4-3-7-15-12)10-5-6-11(14)8-10/h3-4,7-8H,2,5-6,9H2,1H3. The average Bonchev–Trinajstić information content (AvgIpc) is 2.85. The molecule has 0 aromatic carbocycles. The second-order valence-electron chi connectivity index (χ2n) is 3.70. The number of hydrogen-bond acceptors (Lipinski definition) is 3. The molecule has 1 aromatic rings. The van der Waals surface area contributed by atoms with Crippen LogP contribution in [0.25, 0.3) is 0 Å². The summed E-state index contributed by atoms with van der Waals surface area (Å²) in [6.45, 7) is 3.75. The number of nitrogens with zero attached hydrogens (tertiary/aromatic N) is 1. The average molecular weight is 205 g/mol. The zero-order valence-corrected chi connectivity index (χ0v) is 8.90. The Morgan fingerprint density at radius 2 is 2.33 bits per heavy atom. The molecule has 2 rings (SSSR count). The molecule has 0 aliphatic heterocycles. The summed E-state index contributed by atoms with van der Waals surface area (Å²) in [6, 6.07) is 3.84.